The molecule has 1 aromatic heterocycles. The second-order valence-corrected chi connectivity index (χ2v) is 6.80. The van der Waals surface area contributed by atoms with Gasteiger partial charge in [-0.15, -0.1) is 0 Å². The van der Waals surface area contributed by atoms with E-state index in [4.69, 9.17) is 0 Å². The summed E-state index contributed by atoms with van der Waals surface area (Å²) < 4.78 is 3.31. The number of benzene rings is 3. The van der Waals surface area contributed by atoms with Gasteiger partial charge in [-0.25, -0.2) is 4.68 Å². The zero-order valence-electron chi connectivity index (χ0n) is 15.8. The molecule has 0 aliphatic carbocycles. The molecule has 1 heterocycles. The molecule has 4 aromatic rings. The molecule has 5 nitrogen and oxygen atoms in total. The quantitative estimate of drug-likeness (QED) is 0.593. The van der Waals surface area contributed by atoms with Crippen molar-refractivity contribution >= 4 is 22.4 Å². The standard InChI is InChI=1S/C23H21N3O2/c1-16-22(23(28)26(25(16)2)19-12-4-3-5-13-19)24-21(27)15-18-11-8-10-17-9-6-7-14-20(17)18/h3-14H,15H2,1-2H3,(H,24,27). The zero-order valence-corrected chi connectivity index (χ0v) is 15.8. The first kappa shape index (κ1) is 17.8. The van der Waals surface area contributed by atoms with E-state index < -0.39 is 0 Å². The van der Waals surface area contributed by atoms with Crippen LogP contribution in [0.5, 0.6) is 0 Å². The Morgan fingerprint density at radius 1 is 0.929 bits per heavy atom. The lowest BCUT2D eigenvalue weighted by molar-refractivity contribution is -0.115. The van der Waals surface area contributed by atoms with E-state index in [2.05, 4.69) is 5.32 Å². The van der Waals surface area contributed by atoms with Gasteiger partial charge in [-0.1, -0.05) is 60.7 Å². The lowest BCUT2D eigenvalue weighted by atomic mass is 10.0. The molecule has 0 unspecified atom stereocenters. The molecule has 0 atom stereocenters. The van der Waals surface area contributed by atoms with E-state index in [1.54, 1.807) is 9.36 Å². The van der Waals surface area contributed by atoms with Crippen LogP contribution in [0.2, 0.25) is 0 Å². The summed E-state index contributed by atoms with van der Waals surface area (Å²) in [4.78, 5) is 25.7. The maximum absolute atomic E-state index is 12.9. The molecule has 0 saturated carbocycles. The van der Waals surface area contributed by atoms with Crippen molar-refractivity contribution in [2.45, 2.75) is 13.3 Å². The Morgan fingerprint density at radius 3 is 2.39 bits per heavy atom. The molecular formula is C23H21N3O2. The third-order valence-corrected chi connectivity index (χ3v) is 5.05. The number of anilines is 1. The number of para-hydroxylation sites is 1. The number of nitrogens with zero attached hydrogens (tertiary/aromatic N) is 2. The average Bonchev–Trinajstić information content (AvgIpc) is 2.92. The number of carbonyl (C=O) groups is 1. The van der Waals surface area contributed by atoms with Gasteiger partial charge >= 0.3 is 0 Å². The molecule has 1 N–H and O–H groups in total. The van der Waals surface area contributed by atoms with Crippen molar-refractivity contribution in [3.05, 3.63) is 94.4 Å². The fourth-order valence-electron chi connectivity index (χ4n) is 3.52. The van der Waals surface area contributed by atoms with Crippen molar-refractivity contribution in [2.75, 3.05) is 5.32 Å². The first-order chi connectivity index (χ1) is 13.6. The number of aromatic nitrogens is 2. The second-order valence-electron chi connectivity index (χ2n) is 6.80. The Labute approximate surface area is 162 Å². The monoisotopic (exact) mass is 371 g/mol. The summed E-state index contributed by atoms with van der Waals surface area (Å²) >= 11 is 0. The van der Waals surface area contributed by atoms with Crippen LogP contribution >= 0.6 is 0 Å². The van der Waals surface area contributed by atoms with E-state index in [0.717, 1.165) is 22.0 Å². The van der Waals surface area contributed by atoms with Gasteiger partial charge in [-0.05, 0) is 35.4 Å². The number of hydrogen-bond donors (Lipinski definition) is 1. The molecule has 3 aromatic carbocycles. The maximum atomic E-state index is 12.9. The van der Waals surface area contributed by atoms with E-state index >= 15 is 0 Å². The van der Waals surface area contributed by atoms with Crippen LogP contribution in [0.3, 0.4) is 0 Å². The summed E-state index contributed by atoms with van der Waals surface area (Å²) in [5.74, 6) is -0.206. The Hall–Kier alpha value is -3.60. The minimum absolute atomic E-state index is 0.206. The second kappa shape index (κ2) is 7.19. The van der Waals surface area contributed by atoms with Gasteiger partial charge in [0.15, 0.2) is 0 Å². The zero-order chi connectivity index (χ0) is 19.7. The highest BCUT2D eigenvalue weighted by Crippen LogP contribution is 2.20. The largest absolute Gasteiger partial charge is 0.320 e. The highest BCUT2D eigenvalue weighted by atomic mass is 16.2. The molecule has 140 valence electrons. The average molecular weight is 371 g/mol. The number of amides is 1. The number of carbonyl (C=O) groups excluding carboxylic acids is 1. The van der Waals surface area contributed by atoms with Crippen molar-refractivity contribution in [3.8, 4) is 5.69 Å². The third-order valence-electron chi connectivity index (χ3n) is 5.05. The van der Waals surface area contributed by atoms with Crippen molar-refractivity contribution in [3.63, 3.8) is 0 Å². The summed E-state index contributed by atoms with van der Waals surface area (Å²) in [6, 6.07) is 23.3. The Kier molecular flexibility index (Phi) is 4.57. The molecule has 0 fully saturated rings. The predicted octanol–water partition coefficient (Wildman–Crippen LogP) is 3.82. The molecule has 0 radical (unpaired) electrons. The fourth-order valence-corrected chi connectivity index (χ4v) is 3.52. The van der Waals surface area contributed by atoms with Gasteiger partial charge in [0, 0.05) is 7.05 Å². The highest BCUT2D eigenvalue weighted by Gasteiger charge is 2.18. The van der Waals surface area contributed by atoms with Crippen LogP contribution in [-0.2, 0) is 18.3 Å². The molecule has 4 rings (SSSR count). The molecular weight excluding hydrogens is 350 g/mol. The smallest absolute Gasteiger partial charge is 0.295 e. The Morgan fingerprint density at radius 2 is 1.61 bits per heavy atom. The van der Waals surface area contributed by atoms with Gasteiger partial charge in [0.05, 0.1) is 17.8 Å². The topological polar surface area (TPSA) is 56.0 Å². The molecule has 0 saturated heterocycles. The number of fused-ring (bicyclic) bond motifs is 1. The van der Waals surface area contributed by atoms with Gasteiger partial charge in [-0.2, -0.15) is 0 Å². The minimum Gasteiger partial charge on any atom is -0.320 e. The maximum Gasteiger partial charge on any atom is 0.295 e. The van der Waals surface area contributed by atoms with Crippen LogP contribution < -0.4 is 10.9 Å². The number of rotatable bonds is 4. The first-order valence-electron chi connectivity index (χ1n) is 9.17. The lowest BCUT2D eigenvalue weighted by Gasteiger charge is -2.07. The van der Waals surface area contributed by atoms with E-state index in [0.29, 0.717) is 11.4 Å². The summed E-state index contributed by atoms with van der Waals surface area (Å²) in [5, 5.41) is 4.97. The summed E-state index contributed by atoms with van der Waals surface area (Å²) in [6.07, 6.45) is 0.209. The van der Waals surface area contributed by atoms with Crippen molar-refractivity contribution in [1.29, 1.82) is 0 Å². The van der Waals surface area contributed by atoms with Crippen molar-refractivity contribution in [2.24, 2.45) is 7.05 Å². The predicted molar refractivity (Wildman–Crippen MR) is 112 cm³/mol. The van der Waals surface area contributed by atoms with Crippen LogP contribution in [0.4, 0.5) is 5.69 Å². The van der Waals surface area contributed by atoms with Gasteiger partial charge in [-0.3, -0.25) is 14.3 Å². The van der Waals surface area contributed by atoms with Crippen molar-refractivity contribution in [1.82, 2.24) is 9.36 Å². The van der Waals surface area contributed by atoms with Gasteiger partial charge in [0.1, 0.15) is 5.69 Å². The fraction of sp³-hybridized carbons (Fsp3) is 0.130. The van der Waals surface area contributed by atoms with Crippen LogP contribution in [0.1, 0.15) is 11.3 Å². The summed E-state index contributed by atoms with van der Waals surface area (Å²) in [5.41, 5.74) is 2.48. The van der Waals surface area contributed by atoms with Crippen LogP contribution in [0.15, 0.2) is 77.6 Å². The molecule has 5 heteroatoms. The molecule has 0 aliphatic rings. The SMILES string of the molecule is Cc1c(NC(=O)Cc2cccc3ccccc23)c(=O)n(-c2ccccc2)n1C. The van der Waals surface area contributed by atoms with Crippen LogP contribution in [0.25, 0.3) is 16.5 Å². The summed E-state index contributed by atoms with van der Waals surface area (Å²) in [6.45, 7) is 1.83. The van der Waals surface area contributed by atoms with Crippen LogP contribution in [-0.4, -0.2) is 15.3 Å². The third kappa shape index (κ3) is 3.11. The van der Waals surface area contributed by atoms with Crippen molar-refractivity contribution < 1.29 is 4.79 Å². The molecule has 1 amide bonds. The normalized spacial score (nSPS) is 10.9. The van der Waals surface area contributed by atoms with E-state index in [-0.39, 0.29) is 17.9 Å². The molecule has 0 bridgehead atoms. The molecule has 0 spiro atoms. The highest BCUT2D eigenvalue weighted by molar-refractivity contribution is 5.96. The molecule has 0 aliphatic heterocycles. The molecule has 28 heavy (non-hydrogen) atoms. The summed E-state index contributed by atoms with van der Waals surface area (Å²) in [7, 11) is 1.81. The van der Waals surface area contributed by atoms with Gasteiger partial charge < -0.3 is 5.32 Å². The Balaban J connectivity index is 1.64. The van der Waals surface area contributed by atoms with E-state index in [9.17, 15) is 9.59 Å². The van der Waals surface area contributed by atoms with Crippen LogP contribution in [0, 0.1) is 6.92 Å². The Bertz CT molecular complexity index is 1210. The van der Waals surface area contributed by atoms with Gasteiger partial charge in [0.2, 0.25) is 5.91 Å². The number of nitrogens with one attached hydrogen (secondary N) is 1. The van der Waals surface area contributed by atoms with Gasteiger partial charge in [0.25, 0.3) is 5.56 Å². The minimum atomic E-state index is -0.238. The lowest BCUT2D eigenvalue weighted by Crippen LogP contribution is -2.23. The first-order valence-corrected chi connectivity index (χ1v) is 9.17. The van der Waals surface area contributed by atoms with E-state index in [1.165, 1.54) is 0 Å². The number of hydrogen-bond acceptors (Lipinski definition) is 2. The van der Waals surface area contributed by atoms with E-state index in [1.807, 2.05) is 86.8 Å².